The molecule has 0 saturated heterocycles. The fourth-order valence-corrected chi connectivity index (χ4v) is 5.02. The third-order valence-corrected chi connectivity index (χ3v) is 6.29. The van der Waals surface area contributed by atoms with Crippen molar-refractivity contribution in [3.8, 4) is 0 Å². The lowest BCUT2D eigenvalue weighted by Gasteiger charge is -2.48. The standard InChI is InChI=1S/C23H24O3/c1-26-22(25)18-8-10-21-17(13-18)7-9-19-14-20(24)11-12-23(19,21)15-16-5-3-2-4-6-16/h2-6,8,10,13,19H,7,9,11-12,14-15H2,1H3/t19?,23-/m0/s1. The van der Waals surface area contributed by atoms with Crippen LogP contribution in [0.25, 0.3) is 0 Å². The van der Waals surface area contributed by atoms with Crippen molar-refractivity contribution in [3.63, 3.8) is 0 Å². The van der Waals surface area contributed by atoms with E-state index in [0.29, 0.717) is 30.1 Å². The minimum atomic E-state index is -0.286. The average molecular weight is 348 g/mol. The molecule has 4 rings (SSSR count). The van der Waals surface area contributed by atoms with Crippen molar-refractivity contribution in [2.24, 2.45) is 5.92 Å². The molecule has 1 fully saturated rings. The first-order chi connectivity index (χ1) is 12.6. The van der Waals surface area contributed by atoms with E-state index in [9.17, 15) is 9.59 Å². The largest absolute Gasteiger partial charge is 0.465 e. The highest BCUT2D eigenvalue weighted by molar-refractivity contribution is 5.89. The Kier molecular flexibility index (Phi) is 4.39. The molecule has 0 aromatic heterocycles. The SMILES string of the molecule is COC(=O)c1ccc2c(c1)CCC1CC(=O)CC[C@@]21Cc1ccccc1. The minimum absolute atomic E-state index is 0.00248. The molecule has 0 bridgehead atoms. The van der Waals surface area contributed by atoms with Crippen LogP contribution in [-0.4, -0.2) is 18.9 Å². The summed E-state index contributed by atoms with van der Waals surface area (Å²) in [6.07, 6.45) is 5.13. The topological polar surface area (TPSA) is 43.4 Å². The molecule has 3 nitrogen and oxygen atoms in total. The monoisotopic (exact) mass is 348 g/mol. The van der Waals surface area contributed by atoms with Crippen molar-refractivity contribution in [3.05, 3.63) is 70.8 Å². The van der Waals surface area contributed by atoms with Crippen LogP contribution in [0, 0.1) is 5.92 Å². The summed E-state index contributed by atoms with van der Waals surface area (Å²) in [6, 6.07) is 16.6. The van der Waals surface area contributed by atoms with Gasteiger partial charge < -0.3 is 4.74 Å². The molecule has 0 heterocycles. The molecule has 0 aliphatic heterocycles. The van der Waals surface area contributed by atoms with Crippen LogP contribution in [0.4, 0.5) is 0 Å². The van der Waals surface area contributed by atoms with Crippen LogP contribution >= 0.6 is 0 Å². The van der Waals surface area contributed by atoms with Crippen molar-refractivity contribution in [2.75, 3.05) is 7.11 Å². The molecule has 1 saturated carbocycles. The quantitative estimate of drug-likeness (QED) is 0.778. The number of benzene rings is 2. The van der Waals surface area contributed by atoms with Crippen LogP contribution in [-0.2, 0) is 27.8 Å². The molecule has 2 atom stereocenters. The lowest BCUT2D eigenvalue weighted by Crippen LogP contribution is -2.46. The first-order valence-corrected chi connectivity index (χ1v) is 9.40. The van der Waals surface area contributed by atoms with Crippen LogP contribution in [0.3, 0.4) is 0 Å². The Bertz CT molecular complexity index is 840. The van der Waals surface area contributed by atoms with Crippen LogP contribution < -0.4 is 0 Å². The molecule has 2 aliphatic rings. The normalized spacial score (nSPS) is 24.5. The van der Waals surface area contributed by atoms with Crippen molar-refractivity contribution in [1.82, 2.24) is 0 Å². The van der Waals surface area contributed by atoms with Crippen molar-refractivity contribution in [1.29, 1.82) is 0 Å². The van der Waals surface area contributed by atoms with Crippen LogP contribution in [0.5, 0.6) is 0 Å². The maximum Gasteiger partial charge on any atom is 0.337 e. The third-order valence-electron chi connectivity index (χ3n) is 6.29. The lowest BCUT2D eigenvalue weighted by atomic mass is 9.55. The first kappa shape index (κ1) is 17.0. The number of carbonyl (C=O) groups excluding carboxylic acids is 2. The number of methoxy groups -OCH3 is 1. The van der Waals surface area contributed by atoms with Gasteiger partial charge >= 0.3 is 5.97 Å². The maximum absolute atomic E-state index is 12.1. The van der Waals surface area contributed by atoms with E-state index in [-0.39, 0.29) is 11.4 Å². The Hall–Kier alpha value is -2.42. The number of fused-ring (bicyclic) bond motifs is 3. The van der Waals surface area contributed by atoms with Gasteiger partial charge in [0.1, 0.15) is 5.78 Å². The molecular weight excluding hydrogens is 324 g/mol. The van der Waals surface area contributed by atoms with Gasteiger partial charge in [-0.25, -0.2) is 4.79 Å². The molecule has 2 aromatic carbocycles. The van der Waals surface area contributed by atoms with E-state index in [1.165, 1.54) is 23.8 Å². The molecule has 26 heavy (non-hydrogen) atoms. The van der Waals surface area contributed by atoms with Crippen molar-refractivity contribution in [2.45, 2.75) is 43.9 Å². The van der Waals surface area contributed by atoms with Gasteiger partial charge in [-0.2, -0.15) is 0 Å². The Morgan fingerprint density at radius 1 is 1.15 bits per heavy atom. The molecule has 0 N–H and O–H groups in total. The molecule has 2 aromatic rings. The summed E-state index contributed by atoms with van der Waals surface area (Å²) >= 11 is 0. The van der Waals surface area contributed by atoms with E-state index in [1.54, 1.807) is 0 Å². The summed E-state index contributed by atoms with van der Waals surface area (Å²) in [5.74, 6) is 0.500. The number of ether oxygens (including phenoxy) is 1. The Balaban J connectivity index is 1.79. The summed E-state index contributed by atoms with van der Waals surface area (Å²) in [5.41, 5.74) is 4.51. The zero-order chi connectivity index (χ0) is 18.1. The van der Waals surface area contributed by atoms with Gasteiger partial charge in [0.15, 0.2) is 0 Å². The number of Topliss-reactive ketones (excluding diaryl/α,β-unsaturated/α-hetero) is 1. The average Bonchev–Trinajstić information content (AvgIpc) is 2.68. The molecule has 2 aliphatic carbocycles. The maximum atomic E-state index is 12.1. The van der Waals surface area contributed by atoms with Crippen LogP contribution in [0.15, 0.2) is 48.5 Å². The van der Waals surface area contributed by atoms with Gasteiger partial charge in [-0.05, 0) is 60.4 Å². The number of hydrogen-bond acceptors (Lipinski definition) is 3. The van der Waals surface area contributed by atoms with E-state index in [1.807, 2.05) is 18.2 Å². The van der Waals surface area contributed by atoms with Crippen LogP contribution in [0.2, 0.25) is 0 Å². The van der Waals surface area contributed by atoms with E-state index in [2.05, 4.69) is 30.3 Å². The van der Waals surface area contributed by atoms with E-state index < -0.39 is 0 Å². The predicted molar refractivity (Wildman–Crippen MR) is 100 cm³/mol. The number of rotatable bonds is 3. The second kappa shape index (κ2) is 6.71. The molecule has 0 amide bonds. The molecular formula is C23H24O3. The number of esters is 1. The molecule has 0 spiro atoms. The fraction of sp³-hybridized carbons (Fsp3) is 0.391. The molecule has 1 unspecified atom stereocenters. The van der Waals surface area contributed by atoms with Crippen molar-refractivity contribution >= 4 is 11.8 Å². The number of aryl methyl sites for hydroxylation is 1. The predicted octanol–water partition coefficient (Wildman–Crippen LogP) is 4.27. The second-order valence-electron chi connectivity index (χ2n) is 7.66. The van der Waals surface area contributed by atoms with Gasteiger partial charge in [-0.3, -0.25) is 4.79 Å². The number of ketones is 1. The zero-order valence-electron chi connectivity index (χ0n) is 15.2. The Labute approximate surface area is 154 Å². The van der Waals surface area contributed by atoms with Crippen LogP contribution in [0.1, 0.15) is 52.7 Å². The molecule has 3 heteroatoms. The minimum Gasteiger partial charge on any atom is -0.465 e. The highest BCUT2D eigenvalue weighted by atomic mass is 16.5. The van der Waals surface area contributed by atoms with Gasteiger partial charge in [0, 0.05) is 18.3 Å². The summed E-state index contributed by atoms with van der Waals surface area (Å²) < 4.78 is 4.89. The van der Waals surface area contributed by atoms with E-state index in [0.717, 1.165) is 25.7 Å². The fourth-order valence-electron chi connectivity index (χ4n) is 5.02. The van der Waals surface area contributed by atoms with E-state index >= 15 is 0 Å². The first-order valence-electron chi connectivity index (χ1n) is 9.40. The summed E-state index contributed by atoms with van der Waals surface area (Å²) in [7, 11) is 1.42. The Morgan fingerprint density at radius 3 is 2.73 bits per heavy atom. The summed E-state index contributed by atoms with van der Waals surface area (Å²) in [6.45, 7) is 0. The highest BCUT2D eigenvalue weighted by Crippen LogP contribution is 2.51. The van der Waals surface area contributed by atoms with Gasteiger partial charge in [0.25, 0.3) is 0 Å². The van der Waals surface area contributed by atoms with E-state index in [4.69, 9.17) is 4.74 Å². The van der Waals surface area contributed by atoms with Gasteiger partial charge in [0.05, 0.1) is 12.7 Å². The summed E-state index contributed by atoms with van der Waals surface area (Å²) in [4.78, 5) is 24.1. The van der Waals surface area contributed by atoms with Gasteiger partial charge in [0.2, 0.25) is 0 Å². The lowest BCUT2D eigenvalue weighted by molar-refractivity contribution is -0.123. The highest BCUT2D eigenvalue weighted by Gasteiger charge is 2.47. The second-order valence-corrected chi connectivity index (χ2v) is 7.66. The van der Waals surface area contributed by atoms with Gasteiger partial charge in [-0.1, -0.05) is 36.4 Å². The van der Waals surface area contributed by atoms with Crippen molar-refractivity contribution < 1.29 is 14.3 Å². The smallest absolute Gasteiger partial charge is 0.337 e. The third kappa shape index (κ3) is 2.86. The molecule has 0 radical (unpaired) electrons. The number of carbonyl (C=O) groups is 2. The zero-order valence-corrected chi connectivity index (χ0v) is 15.2. The Morgan fingerprint density at radius 2 is 1.96 bits per heavy atom. The number of hydrogen-bond donors (Lipinski definition) is 0. The molecule has 134 valence electrons. The summed E-state index contributed by atoms with van der Waals surface area (Å²) in [5, 5.41) is 0. The van der Waals surface area contributed by atoms with Gasteiger partial charge in [-0.15, -0.1) is 0 Å².